The highest BCUT2D eigenvalue weighted by molar-refractivity contribution is 5.02. The van der Waals surface area contributed by atoms with Crippen molar-refractivity contribution >= 4 is 0 Å². The van der Waals surface area contributed by atoms with Crippen LogP contribution in [-0.4, -0.2) is 0 Å². The average Bonchev–Trinajstić information content (AvgIpc) is 2.18. The maximum atomic E-state index is 11.1. The van der Waals surface area contributed by atoms with Crippen LogP contribution in [0, 0.1) is 5.39 Å². The molecule has 0 spiro atoms. The van der Waals surface area contributed by atoms with E-state index < -0.39 is 16.2 Å². The van der Waals surface area contributed by atoms with Gasteiger partial charge in [0, 0.05) is 0 Å². The van der Waals surface area contributed by atoms with E-state index in [0.29, 0.717) is 0 Å². The van der Waals surface area contributed by atoms with Gasteiger partial charge in [0.1, 0.15) is 0 Å². The van der Waals surface area contributed by atoms with Gasteiger partial charge in [0.25, 0.3) is 5.39 Å². The minimum atomic E-state index is -0.979. The zero-order valence-corrected chi connectivity index (χ0v) is 6.65. The molecule has 0 saturated carbocycles. The van der Waals surface area contributed by atoms with Gasteiger partial charge >= 0.3 is 5.08 Å². The summed E-state index contributed by atoms with van der Waals surface area (Å²) in [5.74, 6) is 0. The zero-order valence-electron chi connectivity index (χ0n) is 6.65. The van der Waals surface area contributed by atoms with Gasteiger partial charge in [-0.05, 0) is 12.1 Å². The van der Waals surface area contributed by atoms with Gasteiger partial charge in [-0.3, -0.25) is 14.8 Å². The zero-order chi connectivity index (χ0) is 10.6. The molecule has 0 aliphatic carbocycles. The SMILES string of the molecule is N#[N+]N=c1ccc(=O)c(=O)c1=NN=[N-]. The van der Waals surface area contributed by atoms with Crippen molar-refractivity contribution in [2.24, 2.45) is 15.4 Å². The smallest absolute Gasteiger partial charge is 0.339 e. The fraction of sp³-hybridized carbons (Fsp3) is 0. The van der Waals surface area contributed by atoms with Gasteiger partial charge in [0.05, 0.1) is 5.36 Å². The first-order chi connectivity index (χ1) is 6.70. The van der Waals surface area contributed by atoms with Crippen molar-refractivity contribution < 1.29 is 0 Å². The summed E-state index contributed by atoms with van der Waals surface area (Å²) in [4.78, 5) is 21.9. The molecule has 0 unspecified atom stereocenters. The molecular weight excluding hydrogens is 188 g/mol. The molecule has 0 heterocycles. The third-order valence-electron chi connectivity index (χ3n) is 1.37. The maximum Gasteiger partial charge on any atom is 0.339 e. The maximum absolute atomic E-state index is 11.1. The van der Waals surface area contributed by atoms with Crippen LogP contribution in [0.5, 0.6) is 0 Å². The summed E-state index contributed by atoms with van der Waals surface area (Å²) in [6.45, 7) is 0. The van der Waals surface area contributed by atoms with Crippen LogP contribution in [0.2, 0.25) is 0 Å². The van der Waals surface area contributed by atoms with Crippen LogP contribution in [0.15, 0.2) is 37.1 Å². The van der Waals surface area contributed by atoms with Crippen molar-refractivity contribution in [3.8, 4) is 0 Å². The normalized spacial score (nSPS) is 12.5. The van der Waals surface area contributed by atoms with Crippen molar-refractivity contribution in [2.45, 2.75) is 0 Å². The summed E-state index contributed by atoms with van der Waals surface area (Å²) in [6.07, 6.45) is 0. The second-order valence-electron chi connectivity index (χ2n) is 2.14. The number of benzene rings is 1. The van der Waals surface area contributed by atoms with E-state index in [9.17, 15) is 9.59 Å². The summed E-state index contributed by atoms with van der Waals surface area (Å²) in [5, 5.41) is 18.4. The van der Waals surface area contributed by atoms with Crippen molar-refractivity contribution in [1.82, 2.24) is 0 Å². The van der Waals surface area contributed by atoms with E-state index in [1.165, 1.54) is 0 Å². The van der Waals surface area contributed by atoms with Crippen molar-refractivity contribution in [3.05, 3.63) is 53.9 Å². The molecule has 0 bridgehead atoms. The molecule has 0 fully saturated rings. The monoisotopic (exact) mass is 190 g/mol. The topological polar surface area (TPSA) is 122 Å². The quantitative estimate of drug-likeness (QED) is 0.239. The minimum absolute atomic E-state index is 0.157. The van der Waals surface area contributed by atoms with Crippen LogP contribution in [0.25, 0.3) is 10.6 Å². The summed E-state index contributed by atoms with van der Waals surface area (Å²) in [5.41, 5.74) is 6.32. The highest BCUT2D eigenvalue weighted by Crippen LogP contribution is 1.64. The largest absolute Gasteiger partial charge is 0.362 e. The number of diazo groups is 1. The summed E-state index contributed by atoms with van der Waals surface area (Å²) in [6, 6.07) is 2.07. The lowest BCUT2D eigenvalue weighted by atomic mass is 10.3. The van der Waals surface area contributed by atoms with Gasteiger partial charge < -0.3 is 10.6 Å². The van der Waals surface area contributed by atoms with E-state index in [1.54, 1.807) is 0 Å². The van der Waals surface area contributed by atoms with Crippen LogP contribution in [0.3, 0.4) is 0 Å². The van der Waals surface area contributed by atoms with E-state index >= 15 is 0 Å². The van der Waals surface area contributed by atoms with Crippen LogP contribution in [-0.2, 0) is 0 Å². The molecule has 0 radical (unpaired) electrons. The van der Waals surface area contributed by atoms with Gasteiger partial charge in [-0.25, -0.2) is 0 Å². The van der Waals surface area contributed by atoms with Crippen LogP contribution >= 0.6 is 0 Å². The lowest BCUT2D eigenvalue weighted by molar-refractivity contribution is 1.05. The van der Waals surface area contributed by atoms with E-state index in [1.807, 2.05) is 0 Å². The second-order valence-corrected chi connectivity index (χ2v) is 2.14. The summed E-state index contributed by atoms with van der Waals surface area (Å²) in [7, 11) is 0. The molecule has 0 aliphatic heterocycles. The Kier molecular flexibility index (Phi) is 2.66. The van der Waals surface area contributed by atoms with Crippen molar-refractivity contribution in [1.29, 1.82) is 5.39 Å². The molecule has 1 aromatic rings. The molecule has 1 rings (SSSR count). The highest BCUT2D eigenvalue weighted by atomic mass is 16.2. The first-order valence-electron chi connectivity index (χ1n) is 3.32. The van der Waals surface area contributed by atoms with Crippen LogP contribution in [0.1, 0.15) is 0 Å². The summed E-state index contributed by atoms with van der Waals surface area (Å²) >= 11 is 0. The van der Waals surface area contributed by atoms with Crippen LogP contribution in [0.4, 0.5) is 0 Å². The standard InChI is InChI=1S/C6H2N6O2/c7-11-9-3-1-2-4(13)6(14)5(3)10-12-8/h1-2H. The number of hydrogen-bond acceptors (Lipinski definition) is 5. The number of rotatable bonds is 1. The molecule has 68 valence electrons. The molecule has 14 heavy (non-hydrogen) atoms. The number of nitrogens with zero attached hydrogens (tertiary/aromatic N) is 6. The van der Waals surface area contributed by atoms with Gasteiger partial charge in [-0.1, -0.05) is 0 Å². The molecule has 1 aromatic carbocycles. The predicted octanol–water partition coefficient (Wildman–Crippen LogP) is -1.21. The Morgan fingerprint density at radius 2 is 2.07 bits per heavy atom. The Balaban J connectivity index is 3.94. The van der Waals surface area contributed by atoms with Gasteiger partial charge in [0.2, 0.25) is 10.9 Å². The van der Waals surface area contributed by atoms with Crippen molar-refractivity contribution in [2.75, 3.05) is 0 Å². The van der Waals surface area contributed by atoms with Crippen LogP contribution < -0.4 is 21.6 Å². The fourth-order valence-electron chi connectivity index (χ4n) is 0.812. The first kappa shape index (κ1) is 9.53. The van der Waals surface area contributed by atoms with Gasteiger partial charge in [-0.2, -0.15) is 0 Å². The Hall–Kier alpha value is -2.56. The Bertz CT molecular complexity index is 615. The molecular formula is C6H2N6O2. The first-order valence-corrected chi connectivity index (χ1v) is 3.32. The lowest BCUT2D eigenvalue weighted by Gasteiger charge is -1.85. The van der Waals surface area contributed by atoms with E-state index in [-0.39, 0.29) is 5.36 Å². The number of hydrogen-bond donors (Lipinski definition) is 0. The molecule has 0 aliphatic rings. The Morgan fingerprint density at radius 3 is 2.64 bits per heavy atom. The van der Waals surface area contributed by atoms with Gasteiger partial charge in [0.15, 0.2) is 10.5 Å². The minimum Gasteiger partial charge on any atom is -0.362 e. The van der Waals surface area contributed by atoms with Crippen molar-refractivity contribution in [3.63, 3.8) is 0 Å². The van der Waals surface area contributed by atoms with E-state index in [0.717, 1.165) is 12.1 Å². The van der Waals surface area contributed by atoms with Gasteiger partial charge in [-0.15, -0.1) is 0 Å². The average molecular weight is 190 g/mol. The highest BCUT2D eigenvalue weighted by Gasteiger charge is 1.98. The molecule has 0 amide bonds. The Labute approximate surface area is 75.7 Å². The lowest BCUT2D eigenvalue weighted by Crippen LogP contribution is -2.46. The summed E-state index contributed by atoms with van der Waals surface area (Å²) < 4.78 is 0. The molecule has 0 atom stereocenters. The molecule has 0 saturated heterocycles. The Morgan fingerprint density at radius 1 is 1.36 bits per heavy atom. The third kappa shape index (κ3) is 1.61. The molecule has 0 aromatic heterocycles. The molecule has 8 heteroatoms. The third-order valence-corrected chi connectivity index (χ3v) is 1.37. The molecule has 0 N–H and O–H groups in total. The van der Waals surface area contributed by atoms with E-state index in [4.69, 9.17) is 10.9 Å². The predicted molar refractivity (Wildman–Crippen MR) is 43.4 cm³/mol. The molecule has 8 nitrogen and oxygen atoms in total. The second kappa shape index (κ2) is 3.90. The fourth-order valence-corrected chi connectivity index (χ4v) is 0.812. The van der Waals surface area contributed by atoms with E-state index in [2.05, 4.69) is 20.5 Å².